The minimum Gasteiger partial charge on any atom is -0.756 e. The van der Waals surface area contributed by atoms with Crippen molar-refractivity contribution in [3.63, 3.8) is 0 Å². The van der Waals surface area contributed by atoms with Gasteiger partial charge in [-0.15, -0.1) is 0 Å². The van der Waals surface area contributed by atoms with Crippen molar-refractivity contribution in [2.24, 2.45) is 0 Å². The average molecular weight is 862 g/mol. The largest absolute Gasteiger partial charge is 0.756 e. The fourth-order valence-electron chi connectivity index (χ4n) is 6.34. The monoisotopic (exact) mass is 862 g/mol. The second kappa shape index (κ2) is 43.6. The van der Waals surface area contributed by atoms with Gasteiger partial charge in [0, 0.05) is 13.0 Å². The zero-order valence-corrected chi connectivity index (χ0v) is 40.3. The van der Waals surface area contributed by atoms with Crippen LogP contribution in [0.4, 0.5) is 0 Å². The molecule has 0 saturated carbocycles. The SMILES string of the molecule is CC/C=C\C/C=C\C/C=C\C/C=C\C/C=C\C/C=C\CCC(=O)OC(COCCCCCCCCCCCCCCCCCCCCC)COP(=O)([O-])OCC[N+](C)(C)C. The van der Waals surface area contributed by atoms with Crippen LogP contribution >= 0.6 is 7.82 Å². The standard InChI is InChI=1S/C51H92NO7P/c1-6-8-10-12-14-16-18-20-22-24-26-28-30-32-34-36-38-40-42-44-51(53)59-50(49-58-60(54,55)57-47-45-52(3,4)5)48-56-46-43-41-39-37-35-33-31-29-27-25-23-21-19-17-15-13-11-9-7-2/h8,10,14,16,20,22,26,28,32,34,38,40,50H,6-7,9,11-13,15,17-19,21,23-25,27,29-31,33,35-37,39,41-49H2,1-5H3/b10-8-,16-14-,22-20-,28-26-,34-32-,40-38-. The molecule has 8 nitrogen and oxygen atoms in total. The maximum atomic E-state index is 12.7. The van der Waals surface area contributed by atoms with E-state index in [9.17, 15) is 14.3 Å². The summed E-state index contributed by atoms with van der Waals surface area (Å²) in [6.07, 6.45) is 56.5. The van der Waals surface area contributed by atoms with E-state index in [4.69, 9.17) is 18.5 Å². The zero-order valence-electron chi connectivity index (χ0n) is 39.4. The summed E-state index contributed by atoms with van der Waals surface area (Å²) in [4.78, 5) is 25.1. The molecule has 0 radical (unpaired) electrons. The highest BCUT2D eigenvalue weighted by molar-refractivity contribution is 7.45. The molecule has 0 amide bonds. The van der Waals surface area contributed by atoms with E-state index in [0.29, 0.717) is 24.1 Å². The lowest BCUT2D eigenvalue weighted by molar-refractivity contribution is -0.870. The normalized spacial score (nSPS) is 14.3. The van der Waals surface area contributed by atoms with E-state index in [1.807, 2.05) is 33.3 Å². The Balaban J connectivity index is 4.29. The van der Waals surface area contributed by atoms with E-state index in [1.165, 1.54) is 109 Å². The molecule has 0 aliphatic heterocycles. The molecule has 0 rings (SSSR count). The molecule has 2 unspecified atom stereocenters. The molecule has 0 bridgehead atoms. The molecule has 0 aromatic heterocycles. The number of rotatable bonds is 44. The Bertz CT molecular complexity index is 1190. The molecule has 0 heterocycles. The van der Waals surface area contributed by atoms with Gasteiger partial charge in [-0.05, 0) is 51.4 Å². The Labute approximate surface area is 370 Å². The van der Waals surface area contributed by atoms with Crippen molar-refractivity contribution in [3.8, 4) is 0 Å². The van der Waals surface area contributed by atoms with Gasteiger partial charge in [-0.2, -0.15) is 0 Å². The molecule has 0 aliphatic carbocycles. The number of phosphoric acid groups is 1. The smallest absolute Gasteiger partial charge is 0.306 e. The van der Waals surface area contributed by atoms with Gasteiger partial charge in [0.05, 0.1) is 34.4 Å². The van der Waals surface area contributed by atoms with E-state index >= 15 is 0 Å². The number of carbonyl (C=O) groups is 1. The fourth-order valence-corrected chi connectivity index (χ4v) is 7.07. The van der Waals surface area contributed by atoms with E-state index in [2.05, 4.69) is 74.6 Å². The van der Waals surface area contributed by atoms with Crippen LogP contribution in [0.5, 0.6) is 0 Å². The lowest BCUT2D eigenvalue weighted by Gasteiger charge is -2.28. The number of esters is 1. The Morgan fingerprint density at radius 1 is 0.533 bits per heavy atom. The van der Waals surface area contributed by atoms with Gasteiger partial charge in [0.15, 0.2) is 0 Å². The topological polar surface area (TPSA) is 94.1 Å². The number of quaternary nitrogens is 1. The highest BCUT2D eigenvalue weighted by atomic mass is 31.2. The second-order valence-corrected chi connectivity index (χ2v) is 18.5. The first kappa shape index (κ1) is 57.9. The number of hydrogen-bond acceptors (Lipinski definition) is 7. The Kier molecular flexibility index (Phi) is 42.1. The number of carbonyl (C=O) groups excluding carboxylic acids is 1. The number of ether oxygens (including phenoxy) is 2. The van der Waals surface area contributed by atoms with Crippen molar-refractivity contribution >= 4 is 13.8 Å². The van der Waals surface area contributed by atoms with Crippen LogP contribution in [0.15, 0.2) is 72.9 Å². The number of phosphoric ester groups is 1. The average Bonchev–Trinajstić information content (AvgIpc) is 3.20. The summed E-state index contributed by atoms with van der Waals surface area (Å²) < 4.78 is 34.6. The lowest BCUT2D eigenvalue weighted by atomic mass is 10.0. The first-order valence-corrected chi connectivity index (χ1v) is 25.6. The summed E-state index contributed by atoms with van der Waals surface area (Å²) in [5.74, 6) is -0.415. The minimum atomic E-state index is -4.55. The third kappa shape index (κ3) is 47.0. The minimum absolute atomic E-state index is 0.0105. The predicted octanol–water partition coefficient (Wildman–Crippen LogP) is 14.0. The van der Waals surface area contributed by atoms with Crippen molar-refractivity contribution in [1.82, 2.24) is 0 Å². The highest BCUT2D eigenvalue weighted by Gasteiger charge is 2.20. The summed E-state index contributed by atoms with van der Waals surface area (Å²) in [7, 11) is 1.31. The van der Waals surface area contributed by atoms with Crippen LogP contribution in [-0.2, 0) is 27.9 Å². The molecule has 0 aromatic carbocycles. The number of unbranched alkanes of at least 4 members (excludes halogenated alkanes) is 18. The van der Waals surface area contributed by atoms with Gasteiger partial charge in [-0.1, -0.05) is 202 Å². The van der Waals surface area contributed by atoms with Crippen LogP contribution in [0.3, 0.4) is 0 Å². The molecule has 60 heavy (non-hydrogen) atoms. The number of allylic oxidation sites excluding steroid dienone is 12. The molecule has 0 saturated heterocycles. The van der Waals surface area contributed by atoms with Gasteiger partial charge in [0.1, 0.15) is 19.3 Å². The van der Waals surface area contributed by atoms with Gasteiger partial charge < -0.3 is 27.9 Å². The molecule has 348 valence electrons. The van der Waals surface area contributed by atoms with Crippen LogP contribution in [-0.4, -0.2) is 70.7 Å². The van der Waals surface area contributed by atoms with Crippen LogP contribution in [0.25, 0.3) is 0 Å². The first-order chi connectivity index (χ1) is 29.1. The third-order valence-corrected chi connectivity index (χ3v) is 11.0. The number of hydrogen-bond donors (Lipinski definition) is 0. The maximum absolute atomic E-state index is 12.7. The lowest BCUT2D eigenvalue weighted by Crippen LogP contribution is -2.37. The van der Waals surface area contributed by atoms with Crippen molar-refractivity contribution in [1.29, 1.82) is 0 Å². The zero-order chi connectivity index (χ0) is 44.1. The van der Waals surface area contributed by atoms with E-state index in [-0.39, 0.29) is 26.2 Å². The Morgan fingerprint density at radius 3 is 1.35 bits per heavy atom. The van der Waals surface area contributed by atoms with E-state index in [1.54, 1.807) is 0 Å². The number of nitrogens with zero attached hydrogens (tertiary/aromatic N) is 1. The van der Waals surface area contributed by atoms with Gasteiger partial charge in [0.2, 0.25) is 0 Å². The van der Waals surface area contributed by atoms with Gasteiger partial charge in [-0.25, -0.2) is 0 Å². The number of likely N-dealkylation sites (N-methyl/N-ethyl adjacent to an activating group) is 1. The van der Waals surface area contributed by atoms with E-state index < -0.39 is 19.9 Å². The van der Waals surface area contributed by atoms with Crippen molar-refractivity contribution in [3.05, 3.63) is 72.9 Å². The molecule has 2 atom stereocenters. The molecular formula is C51H92NO7P. The van der Waals surface area contributed by atoms with Crippen LogP contribution < -0.4 is 4.89 Å². The molecule has 0 aromatic rings. The molecule has 0 fully saturated rings. The van der Waals surface area contributed by atoms with Gasteiger partial charge in [-0.3, -0.25) is 9.36 Å². The Hall–Kier alpha value is -2.06. The fraction of sp³-hybridized carbons (Fsp3) is 0.745. The summed E-state index contributed by atoms with van der Waals surface area (Å²) >= 11 is 0. The molecule has 9 heteroatoms. The summed E-state index contributed by atoms with van der Waals surface area (Å²) in [6.45, 7) is 5.21. The molecular weight excluding hydrogens is 770 g/mol. The summed E-state index contributed by atoms with van der Waals surface area (Å²) in [5, 5.41) is 0. The van der Waals surface area contributed by atoms with Crippen LogP contribution in [0.2, 0.25) is 0 Å². The molecule has 0 aliphatic rings. The highest BCUT2D eigenvalue weighted by Crippen LogP contribution is 2.38. The Morgan fingerprint density at radius 2 is 0.933 bits per heavy atom. The van der Waals surface area contributed by atoms with Crippen LogP contribution in [0.1, 0.15) is 187 Å². The predicted molar refractivity (Wildman–Crippen MR) is 254 cm³/mol. The molecule has 0 spiro atoms. The van der Waals surface area contributed by atoms with Crippen molar-refractivity contribution in [2.45, 2.75) is 193 Å². The summed E-state index contributed by atoms with van der Waals surface area (Å²) in [5.41, 5.74) is 0. The van der Waals surface area contributed by atoms with Crippen LogP contribution in [0, 0.1) is 0 Å². The summed E-state index contributed by atoms with van der Waals surface area (Å²) in [6, 6.07) is 0. The van der Waals surface area contributed by atoms with Crippen molar-refractivity contribution in [2.75, 3.05) is 54.1 Å². The first-order valence-electron chi connectivity index (χ1n) is 24.2. The maximum Gasteiger partial charge on any atom is 0.306 e. The van der Waals surface area contributed by atoms with Gasteiger partial charge in [0.25, 0.3) is 7.82 Å². The second-order valence-electron chi connectivity index (χ2n) is 17.1. The third-order valence-electron chi connectivity index (χ3n) is 10.0. The quantitative estimate of drug-likeness (QED) is 0.0198. The molecule has 0 N–H and O–H groups in total. The van der Waals surface area contributed by atoms with E-state index in [0.717, 1.165) is 51.4 Å². The van der Waals surface area contributed by atoms with Crippen molar-refractivity contribution < 1.29 is 37.3 Å². The van der Waals surface area contributed by atoms with Gasteiger partial charge >= 0.3 is 5.97 Å².